The van der Waals surface area contributed by atoms with E-state index >= 15 is 0 Å². The maximum Gasteiger partial charge on any atom is 0.255 e. The Morgan fingerprint density at radius 3 is 2.39 bits per heavy atom. The number of amides is 1. The number of benzene rings is 2. The average Bonchev–Trinajstić information content (AvgIpc) is 2.73. The van der Waals surface area contributed by atoms with Crippen molar-refractivity contribution in [2.45, 2.75) is 24.8 Å². The molecular formula is C20H24N2O5S. The zero-order chi connectivity index (χ0) is 20.1. The van der Waals surface area contributed by atoms with E-state index in [9.17, 15) is 18.3 Å². The number of nitrogens with zero attached hydrogens (tertiary/aromatic N) is 1. The third-order valence-corrected chi connectivity index (χ3v) is 6.61. The summed E-state index contributed by atoms with van der Waals surface area (Å²) in [6, 6.07) is 11.4. The summed E-state index contributed by atoms with van der Waals surface area (Å²) in [5, 5.41) is 12.7. The molecule has 0 aromatic heterocycles. The summed E-state index contributed by atoms with van der Waals surface area (Å²) in [4.78, 5) is 12.6. The van der Waals surface area contributed by atoms with E-state index in [2.05, 4.69) is 5.32 Å². The predicted molar refractivity (Wildman–Crippen MR) is 105 cm³/mol. The van der Waals surface area contributed by atoms with Crippen LogP contribution in [0.5, 0.6) is 5.75 Å². The Kier molecular flexibility index (Phi) is 6.33. The predicted octanol–water partition coefficient (Wildman–Crippen LogP) is 1.91. The monoisotopic (exact) mass is 404 g/mol. The Bertz CT molecular complexity index is 936. The van der Waals surface area contributed by atoms with Crippen molar-refractivity contribution >= 4 is 15.9 Å². The van der Waals surface area contributed by atoms with E-state index in [1.54, 1.807) is 36.4 Å². The van der Waals surface area contributed by atoms with E-state index < -0.39 is 10.0 Å². The molecule has 1 fully saturated rings. The first-order chi connectivity index (χ1) is 13.4. The smallest absolute Gasteiger partial charge is 0.255 e. The number of rotatable bonds is 6. The molecule has 0 radical (unpaired) electrons. The molecule has 8 heteroatoms. The van der Waals surface area contributed by atoms with Crippen molar-refractivity contribution in [3.05, 3.63) is 59.2 Å². The lowest BCUT2D eigenvalue weighted by atomic mass is 10.1. The van der Waals surface area contributed by atoms with E-state index in [1.807, 2.05) is 6.92 Å². The first-order valence-electron chi connectivity index (χ1n) is 9.18. The molecule has 7 nitrogen and oxygen atoms in total. The van der Waals surface area contributed by atoms with Crippen LogP contribution < -0.4 is 5.32 Å². The van der Waals surface area contributed by atoms with Crippen LogP contribution in [0.15, 0.2) is 47.4 Å². The molecule has 28 heavy (non-hydrogen) atoms. The van der Waals surface area contributed by atoms with Crippen LogP contribution in [0, 0.1) is 0 Å². The molecule has 0 spiro atoms. The average molecular weight is 404 g/mol. The van der Waals surface area contributed by atoms with Gasteiger partial charge < -0.3 is 15.2 Å². The lowest BCUT2D eigenvalue weighted by molar-refractivity contribution is 0.0730. The molecule has 0 bridgehead atoms. The van der Waals surface area contributed by atoms with Gasteiger partial charge in [-0.1, -0.05) is 25.1 Å². The van der Waals surface area contributed by atoms with Crippen LogP contribution in [0.25, 0.3) is 0 Å². The highest BCUT2D eigenvalue weighted by atomic mass is 32.2. The third-order valence-electron chi connectivity index (χ3n) is 4.70. The number of hydrogen-bond acceptors (Lipinski definition) is 5. The molecule has 1 saturated heterocycles. The largest absolute Gasteiger partial charge is 0.507 e. The van der Waals surface area contributed by atoms with Gasteiger partial charge in [0, 0.05) is 19.6 Å². The van der Waals surface area contributed by atoms with Crippen molar-refractivity contribution < 1.29 is 23.1 Å². The molecule has 1 aliphatic heterocycles. The Labute approximate surface area is 165 Å². The number of sulfonamides is 1. The maximum atomic E-state index is 12.6. The van der Waals surface area contributed by atoms with Crippen molar-refractivity contribution in [2.75, 3.05) is 26.3 Å². The van der Waals surface area contributed by atoms with Crippen LogP contribution in [0.3, 0.4) is 0 Å². The summed E-state index contributed by atoms with van der Waals surface area (Å²) in [6.45, 7) is 3.69. The number of carbonyl (C=O) groups excluding carboxylic acids is 1. The number of nitrogens with one attached hydrogen (secondary N) is 1. The summed E-state index contributed by atoms with van der Waals surface area (Å²) in [6.07, 6.45) is 0.764. The van der Waals surface area contributed by atoms with Gasteiger partial charge in [0.15, 0.2) is 0 Å². The first kappa shape index (κ1) is 20.3. The zero-order valence-electron chi connectivity index (χ0n) is 15.7. The second kappa shape index (κ2) is 8.72. The third kappa shape index (κ3) is 4.52. The van der Waals surface area contributed by atoms with Gasteiger partial charge in [-0.15, -0.1) is 0 Å². The van der Waals surface area contributed by atoms with E-state index in [4.69, 9.17) is 4.74 Å². The molecule has 1 amide bonds. The summed E-state index contributed by atoms with van der Waals surface area (Å²) in [7, 11) is -3.53. The van der Waals surface area contributed by atoms with Crippen molar-refractivity contribution in [3.63, 3.8) is 0 Å². The van der Waals surface area contributed by atoms with E-state index in [0.29, 0.717) is 26.3 Å². The molecule has 0 unspecified atom stereocenters. The van der Waals surface area contributed by atoms with Crippen LogP contribution in [0.1, 0.15) is 28.4 Å². The summed E-state index contributed by atoms with van der Waals surface area (Å²) in [5.74, 6) is -0.445. The SMILES string of the molecule is CCc1ccc(O)c(C(=O)NCc2ccc(S(=O)(=O)N3CCOCC3)cc2)c1. The highest BCUT2D eigenvalue weighted by Gasteiger charge is 2.26. The number of morpholine rings is 1. The Morgan fingerprint density at radius 1 is 1.11 bits per heavy atom. The standard InChI is InChI=1S/C20H24N2O5S/c1-2-15-5-8-19(23)18(13-15)20(24)21-14-16-3-6-17(7-4-16)28(25,26)22-9-11-27-12-10-22/h3-8,13,23H,2,9-12,14H2,1H3,(H,21,24). The Hall–Kier alpha value is -2.42. The number of phenols is 1. The van der Waals surface area contributed by atoms with Crippen molar-refractivity contribution in [1.29, 1.82) is 0 Å². The molecular weight excluding hydrogens is 380 g/mol. The van der Waals surface area contributed by atoms with Crippen molar-refractivity contribution in [1.82, 2.24) is 9.62 Å². The number of aromatic hydroxyl groups is 1. The molecule has 2 aromatic carbocycles. The van der Waals surface area contributed by atoms with Crippen LogP contribution in [0.2, 0.25) is 0 Å². The zero-order valence-corrected chi connectivity index (χ0v) is 16.5. The molecule has 1 aliphatic rings. The van der Waals surface area contributed by atoms with Crippen LogP contribution >= 0.6 is 0 Å². The normalized spacial score (nSPS) is 15.3. The fourth-order valence-corrected chi connectivity index (χ4v) is 4.39. The molecule has 0 atom stereocenters. The second-order valence-corrected chi connectivity index (χ2v) is 8.49. The topological polar surface area (TPSA) is 95.9 Å². The lowest BCUT2D eigenvalue weighted by Gasteiger charge is -2.26. The van der Waals surface area contributed by atoms with Gasteiger partial charge >= 0.3 is 0 Å². The number of hydrogen-bond donors (Lipinski definition) is 2. The first-order valence-corrected chi connectivity index (χ1v) is 10.6. The van der Waals surface area contributed by atoms with Crippen molar-refractivity contribution in [3.8, 4) is 5.75 Å². The van der Waals surface area contributed by atoms with Gasteiger partial charge in [-0.25, -0.2) is 8.42 Å². The molecule has 2 N–H and O–H groups in total. The second-order valence-electron chi connectivity index (χ2n) is 6.55. The Balaban J connectivity index is 1.65. The van der Waals surface area contributed by atoms with Crippen LogP contribution in [0.4, 0.5) is 0 Å². The maximum absolute atomic E-state index is 12.6. The number of carbonyl (C=O) groups is 1. The fourth-order valence-electron chi connectivity index (χ4n) is 2.98. The summed E-state index contributed by atoms with van der Waals surface area (Å²) in [5.41, 5.74) is 1.95. The van der Waals surface area contributed by atoms with Crippen LogP contribution in [-0.2, 0) is 27.7 Å². The van der Waals surface area contributed by atoms with Gasteiger partial charge in [0.2, 0.25) is 10.0 Å². The molecule has 3 rings (SSSR count). The highest BCUT2D eigenvalue weighted by Crippen LogP contribution is 2.20. The van der Waals surface area contributed by atoms with Gasteiger partial charge in [-0.05, 0) is 41.8 Å². The van der Waals surface area contributed by atoms with Gasteiger partial charge in [0.1, 0.15) is 5.75 Å². The summed E-state index contributed by atoms with van der Waals surface area (Å²) < 4.78 is 31.9. The fraction of sp³-hybridized carbons (Fsp3) is 0.350. The minimum atomic E-state index is -3.53. The van der Waals surface area contributed by atoms with Gasteiger partial charge in [0.05, 0.1) is 23.7 Å². The number of phenolic OH excluding ortho intramolecular Hbond substituents is 1. The number of ether oxygens (including phenoxy) is 1. The number of aryl methyl sites for hydroxylation is 1. The van der Waals surface area contributed by atoms with Gasteiger partial charge in [-0.3, -0.25) is 4.79 Å². The summed E-state index contributed by atoms with van der Waals surface area (Å²) >= 11 is 0. The van der Waals surface area contributed by atoms with Crippen molar-refractivity contribution in [2.24, 2.45) is 0 Å². The minimum absolute atomic E-state index is 0.0679. The molecule has 1 heterocycles. The highest BCUT2D eigenvalue weighted by molar-refractivity contribution is 7.89. The molecule has 150 valence electrons. The lowest BCUT2D eigenvalue weighted by Crippen LogP contribution is -2.40. The quantitative estimate of drug-likeness (QED) is 0.767. The van der Waals surface area contributed by atoms with Gasteiger partial charge in [0.25, 0.3) is 5.91 Å². The van der Waals surface area contributed by atoms with Gasteiger partial charge in [-0.2, -0.15) is 4.31 Å². The Morgan fingerprint density at radius 2 is 1.75 bits per heavy atom. The van der Waals surface area contributed by atoms with E-state index in [0.717, 1.165) is 17.5 Å². The van der Waals surface area contributed by atoms with E-state index in [1.165, 1.54) is 10.4 Å². The molecule has 2 aromatic rings. The van der Waals surface area contributed by atoms with E-state index in [-0.39, 0.29) is 28.7 Å². The van der Waals surface area contributed by atoms with Crippen LogP contribution in [-0.4, -0.2) is 50.0 Å². The minimum Gasteiger partial charge on any atom is -0.507 e. The molecule has 0 saturated carbocycles. The molecule has 0 aliphatic carbocycles.